The van der Waals surface area contributed by atoms with Gasteiger partial charge in [0.1, 0.15) is 5.82 Å². The van der Waals surface area contributed by atoms with E-state index in [4.69, 9.17) is 0 Å². The van der Waals surface area contributed by atoms with Crippen LogP contribution >= 0.6 is 0 Å². The first-order valence-electron chi connectivity index (χ1n) is 5.54. The molecule has 0 atom stereocenters. The van der Waals surface area contributed by atoms with Gasteiger partial charge in [-0.2, -0.15) is 5.10 Å². The lowest BCUT2D eigenvalue weighted by molar-refractivity contribution is 0.604. The predicted octanol–water partition coefficient (Wildman–Crippen LogP) is 2.30. The topological polar surface area (TPSA) is 42.7 Å². The standard InChI is InChI=1S/C12H16N4/c1-2-8-16-9-5-12(15-16)14-10-11-3-6-13-7-4-11/h3-7,9H,2,8,10H2,1H3,(H,14,15). The Morgan fingerprint density at radius 2 is 2.06 bits per heavy atom. The van der Waals surface area contributed by atoms with E-state index in [9.17, 15) is 0 Å². The molecular weight excluding hydrogens is 200 g/mol. The number of anilines is 1. The summed E-state index contributed by atoms with van der Waals surface area (Å²) < 4.78 is 1.95. The van der Waals surface area contributed by atoms with E-state index in [0.29, 0.717) is 0 Å². The highest BCUT2D eigenvalue weighted by Crippen LogP contribution is 2.05. The highest BCUT2D eigenvalue weighted by Gasteiger charge is 1.97. The number of nitrogens with one attached hydrogen (secondary N) is 1. The molecule has 2 rings (SSSR count). The van der Waals surface area contributed by atoms with E-state index in [0.717, 1.165) is 25.3 Å². The van der Waals surface area contributed by atoms with Gasteiger partial charge in [-0.05, 0) is 24.1 Å². The van der Waals surface area contributed by atoms with Crippen molar-refractivity contribution in [1.29, 1.82) is 0 Å². The van der Waals surface area contributed by atoms with E-state index in [1.807, 2.05) is 29.1 Å². The van der Waals surface area contributed by atoms with Crippen molar-refractivity contribution in [2.75, 3.05) is 5.32 Å². The van der Waals surface area contributed by atoms with Crippen molar-refractivity contribution in [1.82, 2.24) is 14.8 Å². The van der Waals surface area contributed by atoms with Gasteiger partial charge in [0.05, 0.1) is 0 Å². The van der Waals surface area contributed by atoms with Gasteiger partial charge in [0.15, 0.2) is 0 Å². The zero-order valence-corrected chi connectivity index (χ0v) is 9.43. The van der Waals surface area contributed by atoms with Crippen LogP contribution in [0.3, 0.4) is 0 Å². The summed E-state index contributed by atoms with van der Waals surface area (Å²) in [5.41, 5.74) is 1.21. The maximum atomic E-state index is 4.40. The van der Waals surface area contributed by atoms with Crippen molar-refractivity contribution in [2.45, 2.75) is 26.4 Å². The van der Waals surface area contributed by atoms with Crippen molar-refractivity contribution >= 4 is 5.82 Å². The normalized spacial score (nSPS) is 10.3. The second-order valence-electron chi connectivity index (χ2n) is 3.67. The fourth-order valence-electron chi connectivity index (χ4n) is 1.50. The summed E-state index contributed by atoms with van der Waals surface area (Å²) in [6.07, 6.45) is 6.70. The molecule has 16 heavy (non-hydrogen) atoms. The molecule has 0 aromatic carbocycles. The Balaban J connectivity index is 1.89. The molecule has 2 aromatic rings. The van der Waals surface area contributed by atoms with Gasteiger partial charge in [-0.25, -0.2) is 0 Å². The molecule has 4 nitrogen and oxygen atoms in total. The summed E-state index contributed by atoms with van der Waals surface area (Å²) in [7, 11) is 0. The van der Waals surface area contributed by atoms with Crippen LogP contribution in [-0.4, -0.2) is 14.8 Å². The number of aryl methyl sites for hydroxylation is 1. The molecule has 0 spiro atoms. The highest BCUT2D eigenvalue weighted by molar-refractivity contribution is 5.33. The lowest BCUT2D eigenvalue weighted by atomic mass is 10.3. The minimum absolute atomic E-state index is 0.783. The summed E-state index contributed by atoms with van der Waals surface area (Å²) in [5, 5.41) is 7.69. The van der Waals surface area contributed by atoms with Crippen LogP contribution in [-0.2, 0) is 13.1 Å². The van der Waals surface area contributed by atoms with E-state index in [-0.39, 0.29) is 0 Å². The predicted molar refractivity (Wildman–Crippen MR) is 64.1 cm³/mol. The van der Waals surface area contributed by atoms with E-state index < -0.39 is 0 Å². The van der Waals surface area contributed by atoms with Crippen molar-refractivity contribution in [3.63, 3.8) is 0 Å². The van der Waals surface area contributed by atoms with Gasteiger partial charge in [-0.3, -0.25) is 9.67 Å². The molecule has 84 valence electrons. The average molecular weight is 216 g/mol. The molecule has 0 unspecified atom stereocenters. The largest absolute Gasteiger partial charge is 0.365 e. The van der Waals surface area contributed by atoms with Gasteiger partial charge in [0.2, 0.25) is 0 Å². The Morgan fingerprint density at radius 3 is 2.81 bits per heavy atom. The molecule has 0 fully saturated rings. The van der Waals surface area contributed by atoms with Gasteiger partial charge < -0.3 is 5.32 Å². The molecule has 0 aliphatic heterocycles. The Labute approximate surface area is 95.3 Å². The number of aromatic nitrogens is 3. The van der Waals surface area contributed by atoms with Crippen LogP contribution in [0, 0.1) is 0 Å². The molecule has 0 bridgehead atoms. The van der Waals surface area contributed by atoms with Gasteiger partial charge in [0.25, 0.3) is 0 Å². The molecule has 2 aromatic heterocycles. The monoisotopic (exact) mass is 216 g/mol. The smallest absolute Gasteiger partial charge is 0.148 e. The zero-order chi connectivity index (χ0) is 11.2. The second-order valence-corrected chi connectivity index (χ2v) is 3.67. The van der Waals surface area contributed by atoms with Crippen molar-refractivity contribution in [3.05, 3.63) is 42.4 Å². The van der Waals surface area contributed by atoms with Gasteiger partial charge in [0, 0.05) is 37.7 Å². The van der Waals surface area contributed by atoms with Crippen LogP contribution < -0.4 is 5.32 Å². The van der Waals surface area contributed by atoms with Crippen LogP contribution in [0.25, 0.3) is 0 Å². The Bertz CT molecular complexity index is 422. The maximum absolute atomic E-state index is 4.40. The van der Waals surface area contributed by atoms with Crippen LogP contribution in [0.2, 0.25) is 0 Å². The summed E-state index contributed by atoms with van der Waals surface area (Å²) >= 11 is 0. The SMILES string of the molecule is CCCn1ccc(NCc2ccncc2)n1. The van der Waals surface area contributed by atoms with Crippen LogP contribution in [0.1, 0.15) is 18.9 Å². The van der Waals surface area contributed by atoms with Crippen LogP contribution in [0.4, 0.5) is 5.82 Å². The van der Waals surface area contributed by atoms with Crippen molar-refractivity contribution in [2.24, 2.45) is 0 Å². The summed E-state index contributed by atoms with van der Waals surface area (Å²) in [6.45, 7) is 3.90. The molecule has 1 N–H and O–H groups in total. The van der Waals surface area contributed by atoms with Crippen molar-refractivity contribution in [3.8, 4) is 0 Å². The second kappa shape index (κ2) is 5.30. The average Bonchev–Trinajstić information content (AvgIpc) is 2.76. The number of pyridine rings is 1. The van der Waals surface area contributed by atoms with Gasteiger partial charge >= 0.3 is 0 Å². The van der Waals surface area contributed by atoms with Gasteiger partial charge in [-0.15, -0.1) is 0 Å². The molecule has 0 aliphatic rings. The summed E-state index contributed by atoms with van der Waals surface area (Å²) in [5.74, 6) is 0.922. The van der Waals surface area contributed by atoms with E-state index in [1.54, 1.807) is 12.4 Å². The Kier molecular flexibility index (Phi) is 3.53. The molecule has 4 heteroatoms. The summed E-state index contributed by atoms with van der Waals surface area (Å²) in [6, 6.07) is 5.99. The molecular formula is C12H16N4. The highest BCUT2D eigenvalue weighted by atomic mass is 15.3. The zero-order valence-electron chi connectivity index (χ0n) is 9.43. The third kappa shape index (κ3) is 2.82. The molecule has 0 radical (unpaired) electrons. The summed E-state index contributed by atoms with van der Waals surface area (Å²) in [4.78, 5) is 3.98. The van der Waals surface area contributed by atoms with Crippen LogP contribution in [0.5, 0.6) is 0 Å². The molecule has 2 heterocycles. The first kappa shape index (κ1) is 10.7. The van der Waals surface area contributed by atoms with Crippen LogP contribution in [0.15, 0.2) is 36.8 Å². The quantitative estimate of drug-likeness (QED) is 0.834. The third-order valence-corrected chi connectivity index (χ3v) is 2.32. The number of hydrogen-bond donors (Lipinski definition) is 1. The lowest BCUT2D eigenvalue weighted by Crippen LogP contribution is -2.02. The van der Waals surface area contributed by atoms with E-state index in [2.05, 4.69) is 22.3 Å². The Morgan fingerprint density at radius 1 is 1.25 bits per heavy atom. The molecule has 0 amide bonds. The minimum Gasteiger partial charge on any atom is -0.365 e. The van der Waals surface area contributed by atoms with Crippen molar-refractivity contribution < 1.29 is 0 Å². The van der Waals surface area contributed by atoms with E-state index >= 15 is 0 Å². The number of rotatable bonds is 5. The Hall–Kier alpha value is -1.84. The number of hydrogen-bond acceptors (Lipinski definition) is 3. The molecule has 0 aliphatic carbocycles. The number of nitrogens with zero attached hydrogens (tertiary/aromatic N) is 3. The fraction of sp³-hybridized carbons (Fsp3) is 0.333. The minimum atomic E-state index is 0.783. The first-order chi connectivity index (χ1) is 7.88. The third-order valence-electron chi connectivity index (χ3n) is 2.32. The lowest BCUT2D eigenvalue weighted by Gasteiger charge is -2.02. The van der Waals surface area contributed by atoms with E-state index in [1.165, 1.54) is 5.56 Å². The molecule has 0 saturated carbocycles. The first-order valence-corrected chi connectivity index (χ1v) is 5.54. The maximum Gasteiger partial charge on any atom is 0.148 e. The fourth-order valence-corrected chi connectivity index (χ4v) is 1.50. The molecule has 0 saturated heterocycles. The van der Waals surface area contributed by atoms with Gasteiger partial charge in [-0.1, -0.05) is 6.92 Å².